The molecule has 538 valence electrons. The zero-order valence-electron chi connectivity index (χ0n) is 61.7. The van der Waals surface area contributed by atoms with Crippen LogP contribution in [-0.4, -0.2) is 87.4 Å². The van der Waals surface area contributed by atoms with Gasteiger partial charge < -0.3 is 28.5 Å². The molecule has 0 rings (SSSR count). The van der Waals surface area contributed by atoms with Crippen LogP contribution in [-0.2, 0) is 33.3 Å². The Morgan fingerprint density at radius 2 is 0.620 bits per heavy atom. The summed E-state index contributed by atoms with van der Waals surface area (Å²) in [6, 6.07) is 0. The largest absolute Gasteiger partial charge is 0.477 e. The van der Waals surface area contributed by atoms with Gasteiger partial charge in [-0.25, -0.2) is 4.79 Å². The standard InChI is InChI=1S/C83H153NO8/c1-6-8-10-12-14-16-18-20-22-24-26-28-30-32-34-36-38-40-41-42-44-46-48-50-52-54-56-58-60-62-64-66-68-70-72-74-81(86)92-79(78-91-83(82(87)88)89-76-75-84(3,4)5)77-90-80(85)73-71-69-67-65-63-61-59-57-55-53-51-49-47-45-43-39-37-35-33-31-29-27-25-23-21-19-17-15-13-11-9-7-2/h8,10,14,16,20,22,26,28,32,34,79,83H,6-7,9,11-13,15,17-19,21,23-25,27,29-31,33,35-78H2,1-5H3/p+1/b10-8-,16-14-,22-20-,28-26-,34-32-. The fourth-order valence-corrected chi connectivity index (χ4v) is 12.0. The number of ether oxygens (including phenoxy) is 4. The summed E-state index contributed by atoms with van der Waals surface area (Å²) in [6.45, 7) is 4.84. The highest BCUT2D eigenvalue weighted by Crippen LogP contribution is 2.20. The lowest BCUT2D eigenvalue weighted by Gasteiger charge is -2.25. The highest BCUT2D eigenvalue weighted by atomic mass is 16.7. The van der Waals surface area contributed by atoms with E-state index >= 15 is 0 Å². The SMILES string of the molecule is CC/C=C\C/C=C\C/C=C\C/C=C\C/C=C\CCCCCCCCCCCCCCCCCCCCCC(=O)OC(COC(=O)CCCCCCCCCCCCCCCCCCCCCCCCCCCCCCCCCC)COC(OCC[N+](C)(C)C)C(=O)O. The van der Waals surface area contributed by atoms with E-state index in [2.05, 4.69) is 74.6 Å². The number of carbonyl (C=O) groups is 3. The van der Waals surface area contributed by atoms with Crippen LogP contribution >= 0.6 is 0 Å². The fraction of sp³-hybridized carbons (Fsp3) is 0.843. The molecule has 0 spiro atoms. The van der Waals surface area contributed by atoms with Gasteiger partial charge in [-0.1, -0.05) is 383 Å². The summed E-state index contributed by atoms with van der Waals surface area (Å²) in [5, 5.41) is 9.77. The smallest absolute Gasteiger partial charge is 0.361 e. The van der Waals surface area contributed by atoms with Crippen LogP contribution in [0.15, 0.2) is 60.8 Å². The Labute approximate surface area is 571 Å². The molecule has 92 heavy (non-hydrogen) atoms. The Kier molecular flexibility index (Phi) is 71.4. The summed E-state index contributed by atoms with van der Waals surface area (Å²) in [5.74, 6) is -1.97. The molecule has 0 aliphatic heterocycles. The Balaban J connectivity index is 3.98. The van der Waals surface area contributed by atoms with Crippen molar-refractivity contribution in [2.45, 2.75) is 405 Å². The van der Waals surface area contributed by atoms with E-state index in [1.54, 1.807) is 0 Å². The summed E-state index contributed by atoms with van der Waals surface area (Å²) < 4.78 is 23.1. The van der Waals surface area contributed by atoms with E-state index in [1.165, 1.54) is 295 Å². The molecule has 0 saturated heterocycles. The van der Waals surface area contributed by atoms with Gasteiger partial charge in [-0.05, 0) is 57.8 Å². The van der Waals surface area contributed by atoms with Crippen molar-refractivity contribution in [2.24, 2.45) is 0 Å². The third-order valence-electron chi connectivity index (χ3n) is 18.0. The zero-order chi connectivity index (χ0) is 66.8. The lowest BCUT2D eigenvalue weighted by Crippen LogP contribution is -2.40. The van der Waals surface area contributed by atoms with Crippen LogP contribution in [0.5, 0.6) is 0 Å². The number of allylic oxidation sites excluding steroid dienone is 10. The normalized spacial score (nSPS) is 12.9. The molecular weight excluding hydrogens is 1140 g/mol. The van der Waals surface area contributed by atoms with Gasteiger partial charge in [-0.3, -0.25) is 9.59 Å². The molecule has 2 unspecified atom stereocenters. The average Bonchev–Trinajstić information content (AvgIpc) is 3.70. The molecule has 0 aromatic heterocycles. The highest BCUT2D eigenvalue weighted by Gasteiger charge is 2.25. The van der Waals surface area contributed by atoms with Gasteiger partial charge in [0.15, 0.2) is 6.10 Å². The molecule has 0 aromatic carbocycles. The third kappa shape index (κ3) is 74.4. The molecule has 9 nitrogen and oxygen atoms in total. The van der Waals surface area contributed by atoms with Gasteiger partial charge in [0.1, 0.15) is 13.2 Å². The van der Waals surface area contributed by atoms with Gasteiger partial charge >= 0.3 is 17.9 Å². The number of carbonyl (C=O) groups excluding carboxylic acids is 2. The van der Waals surface area contributed by atoms with Crippen molar-refractivity contribution in [3.05, 3.63) is 60.8 Å². The van der Waals surface area contributed by atoms with Crippen LogP contribution in [0, 0.1) is 0 Å². The Bertz CT molecular complexity index is 1700. The van der Waals surface area contributed by atoms with E-state index < -0.39 is 18.4 Å². The maximum absolute atomic E-state index is 13.0. The van der Waals surface area contributed by atoms with Crippen molar-refractivity contribution < 1.29 is 42.9 Å². The minimum atomic E-state index is -1.51. The summed E-state index contributed by atoms with van der Waals surface area (Å²) in [7, 11) is 6.00. The molecule has 0 aromatic rings. The number of quaternary nitrogens is 1. The summed E-state index contributed by atoms with van der Waals surface area (Å²) in [6.07, 6.45) is 95.2. The number of hydrogen-bond acceptors (Lipinski definition) is 7. The number of carboxylic acids is 1. The molecular formula is C83H154NO8+. The minimum absolute atomic E-state index is 0.176. The topological polar surface area (TPSA) is 108 Å². The minimum Gasteiger partial charge on any atom is -0.477 e. The van der Waals surface area contributed by atoms with Crippen LogP contribution in [0.4, 0.5) is 0 Å². The first kappa shape index (κ1) is 89.0. The quantitative estimate of drug-likeness (QED) is 0.0211. The monoisotopic (exact) mass is 1290 g/mol. The predicted octanol–water partition coefficient (Wildman–Crippen LogP) is 25.4. The van der Waals surface area contributed by atoms with Crippen molar-refractivity contribution >= 4 is 17.9 Å². The van der Waals surface area contributed by atoms with Crippen LogP contribution < -0.4 is 0 Å². The number of aliphatic carboxylic acids is 1. The van der Waals surface area contributed by atoms with Gasteiger partial charge in [0.2, 0.25) is 0 Å². The third-order valence-corrected chi connectivity index (χ3v) is 18.0. The van der Waals surface area contributed by atoms with E-state index in [4.69, 9.17) is 18.9 Å². The first-order chi connectivity index (χ1) is 45.1. The summed E-state index contributed by atoms with van der Waals surface area (Å²) in [4.78, 5) is 37.7. The van der Waals surface area contributed by atoms with E-state index in [9.17, 15) is 19.5 Å². The Morgan fingerprint density at radius 1 is 0.337 bits per heavy atom. The molecule has 0 heterocycles. The number of nitrogens with zero attached hydrogens (tertiary/aromatic N) is 1. The predicted molar refractivity (Wildman–Crippen MR) is 397 cm³/mol. The molecule has 9 heteroatoms. The number of carboxylic acid groups (broad SMARTS) is 1. The summed E-state index contributed by atoms with van der Waals surface area (Å²) >= 11 is 0. The molecule has 0 aliphatic rings. The number of unbranched alkanes of at least 4 members (excludes halogenated alkanes) is 50. The number of likely N-dealkylation sites (N-methyl/N-ethyl adjacent to an activating group) is 1. The lowest BCUT2D eigenvalue weighted by atomic mass is 10.0. The second kappa shape index (κ2) is 73.8. The molecule has 1 N–H and O–H groups in total. The second-order valence-corrected chi connectivity index (χ2v) is 28.4. The molecule has 0 amide bonds. The van der Waals surface area contributed by atoms with Crippen LogP contribution in [0.3, 0.4) is 0 Å². The number of esters is 2. The van der Waals surface area contributed by atoms with Gasteiger partial charge in [-0.2, -0.15) is 0 Å². The van der Waals surface area contributed by atoms with Crippen LogP contribution in [0.25, 0.3) is 0 Å². The maximum atomic E-state index is 13.0. The van der Waals surface area contributed by atoms with E-state index in [0.29, 0.717) is 17.4 Å². The van der Waals surface area contributed by atoms with Gasteiger partial charge in [-0.15, -0.1) is 0 Å². The highest BCUT2D eigenvalue weighted by molar-refractivity contribution is 5.71. The first-order valence-corrected chi connectivity index (χ1v) is 40.0. The van der Waals surface area contributed by atoms with E-state index in [-0.39, 0.29) is 38.2 Å². The molecule has 0 bridgehead atoms. The average molecular weight is 1290 g/mol. The van der Waals surface area contributed by atoms with Gasteiger partial charge in [0, 0.05) is 12.8 Å². The van der Waals surface area contributed by atoms with Gasteiger partial charge in [0.05, 0.1) is 34.4 Å². The molecule has 2 atom stereocenters. The second-order valence-electron chi connectivity index (χ2n) is 28.4. The van der Waals surface area contributed by atoms with Crippen LogP contribution in [0.2, 0.25) is 0 Å². The van der Waals surface area contributed by atoms with Crippen molar-refractivity contribution in [3.8, 4) is 0 Å². The number of hydrogen-bond donors (Lipinski definition) is 1. The molecule has 0 radical (unpaired) electrons. The Morgan fingerprint density at radius 3 is 0.924 bits per heavy atom. The van der Waals surface area contributed by atoms with Crippen molar-refractivity contribution in [3.63, 3.8) is 0 Å². The van der Waals surface area contributed by atoms with Crippen LogP contribution in [0.1, 0.15) is 393 Å². The van der Waals surface area contributed by atoms with E-state index in [1.807, 2.05) is 21.1 Å². The maximum Gasteiger partial charge on any atom is 0.361 e. The van der Waals surface area contributed by atoms with Crippen molar-refractivity contribution in [1.82, 2.24) is 0 Å². The first-order valence-electron chi connectivity index (χ1n) is 40.0. The fourth-order valence-electron chi connectivity index (χ4n) is 12.0. The zero-order valence-corrected chi connectivity index (χ0v) is 61.7. The molecule has 0 aliphatic carbocycles. The van der Waals surface area contributed by atoms with Gasteiger partial charge in [0.25, 0.3) is 6.29 Å². The van der Waals surface area contributed by atoms with Crippen molar-refractivity contribution in [1.29, 1.82) is 0 Å². The molecule has 0 saturated carbocycles. The summed E-state index contributed by atoms with van der Waals surface area (Å²) in [5.41, 5.74) is 0. The molecule has 0 fully saturated rings. The van der Waals surface area contributed by atoms with Crippen molar-refractivity contribution in [2.75, 3.05) is 47.5 Å². The Hall–Kier alpha value is -3.01. The number of rotatable bonds is 75. The lowest BCUT2D eigenvalue weighted by molar-refractivity contribution is -0.870. The van der Waals surface area contributed by atoms with E-state index in [0.717, 1.165) is 70.6 Å².